The van der Waals surface area contributed by atoms with E-state index in [1.54, 1.807) is 17.7 Å². The number of amides is 1. The molecule has 1 aromatic carbocycles. The number of carbonyl (C=O) groups is 1. The van der Waals surface area contributed by atoms with Gasteiger partial charge in [-0.3, -0.25) is 4.79 Å². The van der Waals surface area contributed by atoms with Crippen LogP contribution in [0.3, 0.4) is 0 Å². The van der Waals surface area contributed by atoms with E-state index in [2.05, 4.69) is 33.2 Å². The predicted molar refractivity (Wildman–Crippen MR) is 127 cm³/mol. The van der Waals surface area contributed by atoms with Gasteiger partial charge in [-0.25, -0.2) is 9.97 Å². The smallest absolute Gasteiger partial charge is 0.234 e. The number of hydrogen-bond donors (Lipinski definition) is 1. The van der Waals surface area contributed by atoms with Crippen LogP contribution >= 0.6 is 23.1 Å². The maximum Gasteiger partial charge on any atom is 0.234 e. The second-order valence-electron chi connectivity index (χ2n) is 8.16. The van der Waals surface area contributed by atoms with Gasteiger partial charge in [0.25, 0.3) is 0 Å². The summed E-state index contributed by atoms with van der Waals surface area (Å²) >= 11 is 3.30. The molecule has 1 saturated heterocycles. The van der Waals surface area contributed by atoms with Crippen LogP contribution in [-0.4, -0.2) is 47.9 Å². The molecule has 5 rings (SSSR count). The number of benzene rings is 1. The van der Waals surface area contributed by atoms with Crippen LogP contribution in [0, 0.1) is 5.92 Å². The number of fused-ring (bicyclic) bond motifs is 3. The third kappa shape index (κ3) is 4.42. The van der Waals surface area contributed by atoms with E-state index in [4.69, 9.17) is 4.74 Å². The van der Waals surface area contributed by atoms with E-state index in [0.29, 0.717) is 19.0 Å². The second-order valence-corrected chi connectivity index (χ2v) is 10.2. The molecular formula is C23H26N4O2S2. The summed E-state index contributed by atoms with van der Waals surface area (Å²) in [7, 11) is 0. The molecule has 31 heavy (non-hydrogen) atoms. The van der Waals surface area contributed by atoms with Gasteiger partial charge in [-0.05, 0) is 42.9 Å². The predicted octanol–water partition coefficient (Wildman–Crippen LogP) is 4.38. The summed E-state index contributed by atoms with van der Waals surface area (Å²) in [6.45, 7) is 5.41. The number of thioether (sulfide) groups is 1. The highest BCUT2D eigenvalue weighted by Crippen LogP contribution is 2.40. The number of thiophene rings is 1. The summed E-state index contributed by atoms with van der Waals surface area (Å²) < 4.78 is 5.46. The van der Waals surface area contributed by atoms with Crippen molar-refractivity contribution in [1.82, 2.24) is 9.97 Å². The molecule has 1 N–H and O–H groups in total. The Morgan fingerprint density at radius 2 is 2.13 bits per heavy atom. The SMILES string of the molecule is CC1CCc2c(sc3ncnc(SCC(=O)Nc4ccccc4N4CCOCC4)c23)C1. The Hall–Kier alpha value is -2.16. The summed E-state index contributed by atoms with van der Waals surface area (Å²) in [5.74, 6) is 1.03. The molecule has 0 radical (unpaired) electrons. The molecule has 1 atom stereocenters. The van der Waals surface area contributed by atoms with Crippen LogP contribution in [0.15, 0.2) is 35.6 Å². The molecule has 1 amide bonds. The topological polar surface area (TPSA) is 67.4 Å². The van der Waals surface area contributed by atoms with Crippen molar-refractivity contribution in [2.24, 2.45) is 5.92 Å². The van der Waals surface area contributed by atoms with Crippen molar-refractivity contribution in [2.75, 3.05) is 42.3 Å². The number of nitrogens with one attached hydrogen (secondary N) is 1. The standard InChI is InChI=1S/C23H26N4O2S2/c1-15-6-7-16-19(12-15)31-23-21(16)22(24-14-25-23)30-13-20(28)26-17-4-2-3-5-18(17)27-8-10-29-11-9-27/h2-5,14-15H,6-13H2,1H3,(H,26,28). The number of rotatable bonds is 5. The van der Waals surface area contributed by atoms with Crippen LogP contribution in [0.5, 0.6) is 0 Å². The number of ether oxygens (including phenoxy) is 1. The molecular weight excluding hydrogens is 428 g/mol. The molecule has 3 heterocycles. The van der Waals surface area contributed by atoms with E-state index in [-0.39, 0.29) is 5.91 Å². The fourth-order valence-corrected chi connectivity index (χ4v) is 6.58. The van der Waals surface area contributed by atoms with Crippen molar-refractivity contribution in [1.29, 1.82) is 0 Å². The maximum atomic E-state index is 12.8. The third-order valence-corrected chi connectivity index (χ3v) is 8.08. The van der Waals surface area contributed by atoms with Gasteiger partial charge < -0.3 is 15.0 Å². The number of carbonyl (C=O) groups excluding carboxylic acids is 1. The molecule has 1 unspecified atom stereocenters. The van der Waals surface area contributed by atoms with Gasteiger partial charge in [-0.2, -0.15) is 0 Å². The molecule has 1 aliphatic carbocycles. The highest BCUT2D eigenvalue weighted by molar-refractivity contribution is 8.00. The second kappa shape index (κ2) is 9.14. The van der Waals surface area contributed by atoms with Crippen LogP contribution < -0.4 is 10.2 Å². The molecule has 162 valence electrons. The molecule has 0 saturated carbocycles. The Morgan fingerprint density at radius 1 is 1.29 bits per heavy atom. The average molecular weight is 455 g/mol. The molecule has 2 aromatic heterocycles. The third-order valence-electron chi connectivity index (χ3n) is 5.93. The zero-order chi connectivity index (χ0) is 21.2. The molecule has 3 aromatic rings. The molecule has 2 aliphatic rings. The van der Waals surface area contributed by atoms with Crippen molar-refractivity contribution in [3.8, 4) is 0 Å². The van der Waals surface area contributed by atoms with Crippen molar-refractivity contribution in [3.05, 3.63) is 41.0 Å². The normalized spacial score (nSPS) is 18.7. The van der Waals surface area contributed by atoms with Crippen molar-refractivity contribution in [2.45, 2.75) is 31.2 Å². The molecule has 1 fully saturated rings. The number of para-hydroxylation sites is 2. The zero-order valence-electron chi connectivity index (χ0n) is 17.6. The number of hydrogen-bond acceptors (Lipinski definition) is 7. The largest absolute Gasteiger partial charge is 0.378 e. The minimum atomic E-state index is -0.0183. The lowest BCUT2D eigenvalue weighted by Crippen LogP contribution is -2.36. The quantitative estimate of drug-likeness (QED) is 0.456. The van der Waals surface area contributed by atoms with Gasteiger partial charge in [0, 0.05) is 23.4 Å². The van der Waals surface area contributed by atoms with E-state index >= 15 is 0 Å². The fraction of sp³-hybridized carbons (Fsp3) is 0.435. The number of aryl methyl sites for hydroxylation is 1. The lowest BCUT2D eigenvalue weighted by Gasteiger charge is -2.30. The minimum Gasteiger partial charge on any atom is -0.378 e. The highest BCUT2D eigenvalue weighted by Gasteiger charge is 2.23. The van der Waals surface area contributed by atoms with E-state index in [9.17, 15) is 4.79 Å². The first-order chi connectivity index (χ1) is 15.2. The highest BCUT2D eigenvalue weighted by atomic mass is 32.2. The Morgan fingerprint density at radius 3 is 3.00 bits per heavy atom. The lowest BCUT2D eigenvalue weighted by molar-refractivity contribution is -0.113. The molecule has 1 aliphatic heterocycles. The van der Waals surface area contributed by atoms with Crippen LogP contribution in [0.1, 0.15) is 23.8 Å². The van der Waals surface area contributed by atoms with E-state index < -0.39 is 0 Å². The number of nitrogens with zero attached hydrogens (tertiary/aromatic N) is 3. The Kier molecular flexibility index (Phi) is 6.11. The maximum absolute atomic E-state index is 12.8. The monoisotopic (exact) mass is 454 g/mol. The van der Waals surface area contributed by atoms with Gasteiger partial charge in [0.15, 0.2) is 0 Å². The first-order valence-electron chi connectivity index (χ1n) is 10.8. The van der Waals surface area contributed by atoms with E-state index in [0.717, 1.165) is 53.1 Å². The summed E-state index contributed by atoms with van der Waals surface area (Å²) in [6.07, 6.45) is 5.04. The molecule has 0 spiro atoms. The van der Waals surface area contributed by atoms with Crippen LogP contribution in [-0.2, 0) is 22.4 Å². The number of anilines is 2. The summed E-state index contributed by atoms with van der Waals surface area (Å²) in [6, 6.07) is 7.99. The Bertz CT molecular complexity index is 1090. The number of morpholine rings is 1. The van der Waals surface area contributed by atoms with Gasteiger partial charge >= 0.3 is 0 Å². The minimum absolute atomic E-state index is 0.0183. The fourth-order valence-electron chi connectivity index (χ4n) is 4.34. The summed E-state index contributed by atoms with van der Waals surface area (Å²) in [4.78, 5) is 26.6. The van der Waals surface area contributed by atoms with E-state index in [1.807, 2.05) is 18.2 Å². The van der Waals surface area contributed by atoms with Gasteiger partial charge in [0.2, 0.25) is 5.91 Å². The number of aromatic nitrogens is 2. The van der Waals surface area contributed by atoms with Gasteiger partial charge in [0.05, 0.1) is 30.3 Å². The summed E-state index contributed by atoms with van der Waals surface area (Å²) in [5.41, 5.74) is 3.30. The van der Waals surface area contributed by atoms with Gasteiger partial charge in [-0.15, -0.1) is 11.3 Å². The molecule has 0 bridgehead atoms. The van der Waals surface area contributed by atoms with Gasteiger partial charge in [0.1, 0.15) is 16.2 Å². The lowest BCUT2D eigenvalue weighted by atomic mass is 9.89. The van der Waals surface area contributed by atoms with Gasteiger partial charge in [-0.1, -0.05) is 30.8 Å². The molecule has 8 heteroatoms. The average Bonchev–Trinajstić information content (AvgIpc) is 3.16. The van der Waals surface area contributed by atoms with Crippen molar-refractivity contribution in [3.63, 3.8) is 0 Å². The zero-order valence-corrected chi connectivity index (χ0v) is 19.2. The Balaban J connectivity index is 1.30. The first-order valence-corrected chi connectivity index (χ1v) is 12.6. The molecule has 6 nitrogen and oxygen atoms in total. The summed E-state index contributed by atoms with van der Waals surface area (Å²) in [5, 5.41) is 5.20. The van der Waals surface area contributed by atoms with Crippen LogP contribution in [0.25, 0.3) is 10.2 Å². The van der Waals surface area contributed by atoms with E-state index in [1.165, 1.54) is 34.0 Å². The van der Waals surface area contributed by atoms with Crippen LogP contribution in [0.2, 0.25) is 0 Å². The van der Waals surface area contributed by atoms with Crippen LogP contribution in [0.4, 0.5) is 11.4 Å². The first kappa shape index (κ1) is 20.7. The van der Waals surface area contributed by atoms with Crippen molar-refractivity contribution < 1.29 is 9.53 Å². The Labute approximate surface area is 190 Å². The van der Waals surface area contributed by atoms with Crippen molar-refractivity contribution >= 4 is 50.6 Å².